The number of carbonyl (C=O) groups is 3. The van der Waals surface area contributed by atoms with Crippen LogP contribution in [-0.2, 0) is 28.7 Å². The lowest BCUT2D eigenvalue weighted by Gasteiger charge is -2.17. The molecule has 6 rings (SSSR count). The number of aromatic nitrogens is 3. The SMILES string of the molecule is Cc1ccc(F)cc1.NC(=O)c1nc(NC(=O)c2nsc3ccccc23)c2n1CC(=O)NC2.O=S1CCCC1. The van der Waals surface area contributed by atoms with E-state index in [-0.39, 0.29) is 42.2 Å². The highest BCUT2D eigenvalue weighted by Crippen LogP contribution is 2.25. The molecule has 0 atom stereocenters. The Kier molecular flexibility index (Phi) is 9.15. The molecule has 2 aliphatic rings. The number of nitrogens with one attached hydrogen (secondary N) is 2. The Bertz CT molecular complexity index is 1500. The molecule has 2 aliphatic heterocycles. The van der Waals surface area contributed by atoms with Gasteiger partial charge in [-0.05, 0) is 49.5 Å². The number of primary amides is 1. The van der Waals surface area contributed by atoms with Crippen molar-refractivity contribution in [2.45, 2.75) is 32.9 Å². The Morgan fingerprint density at radius 3 is 2.44 bits per heavy atom. The van der Waals surface area contributed by atoms with Crippen molar-refractivity contribution in [1.82, 2.24) is 19.2 Å². The second-order valence-corrected chi connectivity index (χ2v) is 11.3. The molecule has 4 aromatic rings. The van der Waals surface area contributed by atoms with E-state index in [9.17, 15) is 23.0 Å². The minimum absolute atomic E-state index is 0.0664. The summed E-state index contributed by atoms with van der Waals surface area (Å²) in [6.45, 7) is 2.00. The van der Waals surface area contributed by atoms with Crippen molar-refractivity contribution >= 4 is 56.0 Å². The summed E-state index contributed by atoms with van der Waals surface area (Å²) in [7, 11) is -0.423. The summed E-state index contributed by atoms with van der Waals surface area (Å²) in [6.07, 6.45) is 2.37. The van der Waals surface area contributed by atoms with E-state index in [0.717, 1.165) is 27.2 Å². The molecule has 1 saturated heterocycles. The Morgan fingerprint density at radius 2 is 1.82 bits per heavy atom. The molecule has 39 heavy (non-hydrogen) atoms. The molecular weight excluding hydrogens is 543 g/mol. The van der Waals surface area contributed by atoms with Crippen molar-refractivity contribution in [2.75, 3.05) is 16.8 Å². The lowest BCUT2D eigenvalue weighted by molar-refractivity contribution is -0.122. The van der Waals surface area contributed by atoms with Gasteiger partial charge in [0.2, 0.25) is 11.7 Å². The number of hydrogen-bond donors (Lipinski definition) is 3. The van der Waals surface area contributed by atoms with Crippen LogP contribution in [0.4, 0.5) is 10.2 Å². The second kappa shape index (κ2) is 12.7. The molecule has 0 radical (unpaired) electrons. The number of rotatable bonds is 3. The van der Waals surface area contributed by atoms with Gasteiger partial charge in [0.15, 0.2) is 5.82 Å². The fourth-order valence-corrected chi connectivity index (χ4v) is 5.91. The lowest BCUT2D eigenvalue weighted by atomic mass is 10.2. The Morgan fingerprint density at radius 1 is 1.13 bits per heavy atom. The van der Waals surface area contributed by atoms with Crippen molar-refractivity contribution in [2.24, 2.45) is 5.73 Å². The van der Waals surface area contributed by atoms with E-state index in [2.05, 4.69) is 20.0 Å². The fourth-order valence-electron chi connectivity index (χ4n) is 3.88. The van der Waals surface area contributed by atoms with Gasteiger partial charge in [0.25, 0.3) is 11.8 Å². The van der Waals surface area contributed by atoms with Crippen LogP contribution in [0.3, 0.4) is 0 Å². The van der Waals surface area contributed by atoms with E-state index < -0.39 is 22.6 Å². The standard InChI is InChI=1S/C15H12N6O3S.C7H7F.C4H8OS/c16-12(23)14-18-13(8-5-17-10(22)6-21(8)14)19-15(24)11-7-3-1-2-4-9(7)25-20-11;1-6-2-4-7(8)5-3-6;5-6-3-1-2-4-6/h1-4H,5-6H2,(H2,16,23)(H,17,22)(H,19,24);2-5H,1H3;1-4H2. The van der Waals surface area contributed by atoms with Gasteiger partial charge in [-0.1, -0.05) is 35.9 Å². The van der Waals surface area contributed by atoms with Crippen molar-refractivity contribution in [3.05, 3.63) is 77.1 Å². The number of fused-ring (bicyclic) bond motifs is 2. The van der Waals surface area contributed by atoms with E-state index in [0.29, 0.717) is 5.69 Å². The summed E-state index contributed by atoms with van der Waals surface area (Å²) in [6, 6.07) is 13.8. The minimum atomic E-state index is -0.768. The number of carbonyl (C=O) groups excluding carboxylic acids is 3. The smallest absolute Gasteiger partial charge is 0.284 e. The quantitative estimate of drug-likeness (QED) is 0.345. The molecule has 10 nitrogen and oxygen atoms in total. The van der Waals surface area contributed by atoms with Crippen molar-refractivity contribution in [3.8, 4) is 0 Å². The highest BCUT2D eigenvalue weighted by molar-refractivity contribution is 7.85. The topological polar surface area (TPSA) is 149 Å². The Labute approximate surface area is 230 Å². The van der Waals surface area contributed by atoms with Crippen LogP contribution >= 0.6 is 11.5 Å². The first-order valence-electron chi connectivity index (χ1n) is 12.1. The maximum Gasteiger partial charge on any atom is 0.284 e. The molecule has 0 unspecified atom stereocenters. The zero-order chi connectivity index (χ0) is 27.9. The molecule has 2 aromatic carbocycles. The Hall–Kier alpha value is -3.97. The molecule has 2 aromatic heterocycles. The predicted octanol–water partition coefficient (Wildman–Crippen LogP) is 3.14. The lowest BCUT2D eigenvalue weighted by Crippen LogP contribution is -2.36. The summed E-state index contributed by atoms with van der Waals surface area (Å²) < 4.78 is 28.9. The number of aryl methyl sites for hydroxylation is 1. The van der Waals surface area contributed by atoms with E-state index in [1.54, 1.807) is 12.1 Å². The van der Waals surface area contributed by atoms with Gasteiger partial charge >= 0.3 is 0 Å². The molecule has 13 heteroatoms. The van der Waals surface area contributed by atoms with E-state index in [1.165, 1.54) is 41.1 Å². The highest BCUT2D eigenvalue weighted by Gasteiger charge is 2.27. The second-order valence-electron chi connectivity index (χ2n) is 8.79. The third-order valence-corrected chi connectivity index (χ3v) is 8.19. The highest BCUT2D eigenvalue weighted by atomic mass is 32.2. The van der Waals surface area contributed by atoms with Crippen LogP contribution in [0.2, 0.25) is 0 Å². The van der Waals surface area contributed by atoms with Crippen LogP contribution in [0.25, 0.3) is 10.1 Å². The molecule has 0 spiro atoms. The van der Waals surface area contributed by atoms with Gasteiger partial charge in [0.1, 0.15) is 18.1 Å². The average molecular weight is 571 g/mol. The predicted molar refractivity (Wildman–Crippen MR) is 148 cm³/mol. The molecule has 4 heterocycles. The Balaban J connectivity index is 0.000000205. The average Bonchev–Trinajstić information content (AvgIpc) is 3.65. The van der Waals surface area contributed by atoms with Crippen LogP contribution in [0.15, 0.2) is 48.5 Å². The number of benzene rings is 2. The van der Waals surface area contributed by atoms with Crippen molar-refractivity contribution < 1.29 is 23.0 Å². The number of nitrogens with two attached hydrogens (primary N) is 1. The fraction of sp³-hybridized carbons (Fsp3) is 0.269. The zero-order valence-corrected chi connectivity index (χ0v) is 22.7. The van der Waals surface area contributed by atoms with Gasteiger partial charge < -0.3 is 20.9 Å². The molecular formula is C26H27FN6O4S2. The van der Waals surface area contributed by atoms with Gasteiger partial charge in [0.05, 0.1) is 16.9 Å². The summed E-state index contributed by atoms with van der Waals surface area (Å²) in [5, 5.41) is 6.06. The third-order valence-electron chi connectivity index (χ3n) is 5.88. The van der Waals surface area contributed by atoms with E-state index in [1.807, 2.05) is 31.2 Å². The molecule has 3 amide bonds. The van der Waals surface area contributed by atoms with Crippen LogP contribution in [0.5, 0.6) is 0 Å². The van der Waals surface area contributed by atoms with Crippen molar-refractivity contribution in [1.29, 1.82) is 0 Å². The summed E-state index contributed by atoms with van der Waals surface area (Å²) in [5.74, 6) is 0.410. The molecule has 1 fully saturated rings. The number of nitrogens with zero attached hydrogens (tertiary/aromatic N) is 3. The number of imidazole rings is 1. The minimum Gasteiger partial charge on any atom is -0.363 e. The maximum atomic E-state index is 12.6. The van der Waals surface area contributed by atoms with Gasteiger partial charge in [-0.15, -0.1) is 0 Å². The molecule has 0 bridgehead atoms. The number of halogens is 1. The molecule has 0 aliphatic carbocycles. The first-order chi connectivity index (χ1) is 18.7. The van der Waals surface area contributed by atoms with Gasteiger partial charge in [0, 0.05) is 27.7 Å². The number of hydrogen-bond acceptors (Lipinski definition) is 7. The van der Waals surface area contributed by atoms with E-state index >= 15 is 0 Å². The van der Waals surface area contributed by atoms with Crippen LogP contribution in [0, 0.1) is 12.7 Å². The maximum absolute atomic E-state index is 12.6. The number of anilines is 1. The van der Waals surface area contributed by atoms with Crippen LogP contribution in [-0.4, -0.2) is 47.4 Å². The van der Waals surface area contributed by atoms with Crippen molar-refractivity contribution in [3.63, 3.8) is 0 Å². The monoisotopic (exact) mass is 570 g/mol. The van der Waals surface area contributed by atoms with Crippen LogP contribution < -0.4 is 16.4 Å². The molecule has 0 saturated carbocycles. The van der Waals surface area contributed by atoms with Gasteiger partial charge in [-0.25, -0.2) is 9.37 Å². The normalized spacial score (nSPS) is 14.4. The molecule has 4 N–H and O–H groups in total. The third kappa shape index (κ3) is 7.12. The number of amides is 3. The first kappa shape index (κ1) is 28.0. The molecule has 204 valence electrons. The van der Waals surface area contributed by atoms with Gasteiger partial charge in [-0.2, -0.15) is 4.37 Å². The van der Waals surface area contributed by atoms with Gasteiger partial charge in [-0.3, -0.25) is 18.6 Å². The summed E-state index contributed by atoms with van der Waals surface area (Å²) in [4.78, 5) is 39.8. The summed E-state index contributed by atoms with van der Waals surface area (Å²) in [5.41, 5.74) is 7.20. The zero-order valence-electron chi connectivity index (χ0n) is 21.1. The summed E-state index contributed by atoms with van der Waals surface area (Å²) >= 11 is 1.22. The largest absolute Gasteiger partial charge is 0.363 e. The first-order valence-corrected chi connectivity index (χ1v) is 14.4. The van der Waals surface area contributed by atoms with Crippen LogP contribution in [0.1, 0.15) is 45.2 Å². The van der Waals surface area contributed by atoms with E-state index in [4.69, 9.17) is 5.73 Å².